The first kappa shape index (κ1) is 15.9. The van der Waals surface area contributed by atoms with Crippen LogP contribution in [0.1, 0.15) is 33.1 Å². The molecule has 8 heteroatoms. The second-order valence-electron chi connectivity index (χ2n) is 6.03. The van der Waals surface area contributed by atoms with Crippen LogP contribution in [-0.2, 0) is 18.9 Å². The summed E-state index contributed by atoms with van der Waals surface area (Å²) in [7, 11) is 0. The normalized spacial score (nSPS) is 31.6. The minimum Gasteiger partial charge on any atom is -0.691 e. The quantitative estimate of drug-likeness (QED) is 0.324. The predicted octanol–water partition coefficient (Wildman–Crippen LogP) is 2.07. The lowest BCUT2D eigenvalue weighted by molar-refractivity contribution is -0.777. The molecule has 0 saturated heterocycles. The molecule has 3 rings (SSSR count). The van der Waals surface area contributed by atoms with Crippen LogP contribution in [0.3, 0.4) is 0 Å². The molecule has 0 aliphatic heterocycles. The molecule has 3 aliphatic carbocycles. The summed E-state index contributed by atoms with van der Waals surface area (Å²) in [5.74, 6) is -0.481. The molecule has 2 bridgehead atoms. The standard InChI is InChI=1S/C12H18F2O5S/c1-11(2)8-4-3-7(9(11)5-8)6-17-10(15)12(13,14)20-19-18-16/h7-9,16H,3-6H2,1-2H3/p-1. The van der Waals surface area contributed by atoms with Crippen molar-refractivity contribution in [1.29, 1.82) is 0 Å². The zero-order valence-electron chi connectivity index (χ0n) is 11.3. The SMILES string of the molecule is CC1(C)C2CCC(COC(=O)C(F)(F)SOO[O-])C1C2. The second kappa shape index (κ2) is 5.75. The van der Waals surface area contributed by atoms with Gasteiger partial charge in [-0.05, 0) is 42.4 Å². The van der Waals surface area contributed by atoms with Crippen LogP contribution in [0.4, 0.5) is 8.78 Å². The number of ether oxygens (including phenoxy) is 1. The number of rotatable bonds is 6. The van der Waals surface area contributed by atoms with Crippen LogP contribution >= 0.6 is 12.0 Å². The van der Waals surface area contributed by atoms with Crippen molar-refractivity contribution in [2.24, 2.45) is 23.2 Å². The van der Waals surface area contributed by atoms with Crippen LogP contribution < -0.4 is 5.26 Å². The Morgan fingerprint density at radius 2 is 2.15 bits per heavy atom. The highest BCUT2D eigenvalue weighted by molar-refractivity contribution is 7.96. The highest BCUT2D eigenvalue weighted by Crippen LogP contribution is 2.61. The second-order valence-corrected chi connectivity index (χ2v) is 6.85. The van der Waals surface area contributed by atoms with E-state index >= 15 is 0 Å². The molecule has 3 unspecified atom stereocenters. The minimum absolute atomic E-state index is 0.0198. The fraction of sp³-hybridized carbons (Fsp3) is 0.917. The number of hydrogen-bond donors (Lipinski definition) is 0. The zero-order chi connectivity index (χ0) is 15.0. The molecule has 3 saturated carbocycles. The molecule has 0 spiro atoms. The molecule has 5 nitrogen and oxygen atoms in total. The van der Waals surface area contributed by atoms with Gasteiger partial charge in [0.2, 0.25) is 0 Å². The van der Waals surface area contributed by atoms with E-state index in [9.17, 15) is 18.8 Å². The number of esters is 1. The van der Waals surface area contributed by atoms with Crippen molar-refractivity contribution in [3.05, 3.63) is 0 Å². The van der Waals surface area contributed by atoms with Crippen molar-refractivity contribution in [1.82, 2.24) is 0 Å². The summed E-state index contributed by atoms with van der Waals surface area (Å²) in [6, 6.07) is 0. The maximum Gasteiger partial charge on any atom is 0.415 e. The van der Waals surface area contributed by atoms with E-state index in [1.807, 2.05) is 0 Å². The summed E-state index contributed by atoms with van der Waals surface area (Å²) in [6.07, 6.45) is 3.02. The van der Waals surface area contributed by atoms with Crippen molar-refractivity contribution in [2.45, 2.75) is 38.4 Å². The number of carbonyl (C=O) groups excluding carboxylic acids is 1. The molecule has 0 aromatic carbocycles. The largest absolute Gasteiger partial charge is 0.691 e. The molecule has 0 amide bonds. The molecule has 0 heterocycles. The molecule has 3 atom stereocenters. The van der Waals surface area contributed by atoms with Gasteiger partial charge in [-0.2, -0.15) is 13.1 Å². The molecule has 3 aliphatic rings. The Morgan fingerprint density at radius 1 is 1.45 bits per heavy atom. The van der Waals surface area contributed by atoms with E-state index in [-0.39, 0.29) is 17.9 Å². The van der Waals surface area contributed by atoms with Crippen molar-refractivity contribution in [2.75, 3.05) is 6.61 Å². The molecule has 0 radical (unpaired) electrons. The van der Waals surface area contributed by atoms with E-state index < -0.39 is 23.3 Å². The number of halogens is 2. The van der Waals surface area contributed by atoms with Gasteiger partial charge in [0, 0.05) is 0 Å². The number of alkyl halides is 2. The fourth-order valence-corrected chi connectivity index (χ4v) is 3.76. The smallest absolute Gasteiger partial charge is 0.415 e. The van der Waals surface area contributed by atoms with Gasteiger partial charge >= 0.3 is 11.2 Å². The Labute approximate surface area is 120 Å². The van der Waals surface area contributed by atoms with Crippen LogP contribution in [0.25, 0.3) is 0 Å². The average molecular weight is 311 g/mol. The Kier molecular flexibility index (Phi) is 4.58. The first-order valence-electron chi connectivity index (χ1n) is 6.48. The first-order valence-corrected chi connectivity index (χ1v) is 7.22. The molecule has 0 aromatic rings. The van der Waals surface area contributed by atoms with Crippen LogP contribution in [-0.4, -0.2) is 17.8 Å². The number of carbonyl (C=O) groups is 1. The van der Waals surface area contributed by atoms with Gasteiger partial charge in [0.15, 0.2) is 0 Å². The Hall–Kier alpha value is -0.440. The third-order valence-corrected chi connectivity index (χ3v) is 5.33. The van der Waals surface area contributed by atoms with Gasteiger partial charge in [0.05, 0.1) is 6.61 Å². The summed E-state index contributed by atoms with van der Waals surface area (Å²) in [6.45, 7) is 4.32. The molecule has 20 heavy (non-hydrogen) atoms. The van der Waals surface area contributed by atoms with Crippen molar-refractivity contribution in [3.63, 3.8) is 0 Å². The molecule has 0 aromatic heterocycles. The van der Waals surface area contributed by atoms with Crippen LogP contribution in [0.15, 0.2) is 0 Å². The molecule has 3 fully saturated rings. The minimum atomic E-state index is -3.95. The van der Waals surface area contributed by atoms with Crippen molar-refractivity contribution in [3.8, 4) is 0 Å². The summed E-state index contributed by atoms with van der Waals surface area (Å²) in [4.78, 5) is 11.3. The molecular weight excluding hydrogens is 294 g/mol. The monoisotopic (exact) mass is 311 g/mol. The van der Waals surface area contributed by atoms with E-state index in [4.69, 9.17) is 0 Å². The van der Waals surface area contributed by atoms with Crippen molar-refractivity contribution < 1.29 is 32.9 Å². The Bertz CT molecular complexity index is 375. The lowest BCUT2D eigenvalue weighted by Gasteiger charge is -2.60. The van der Waals surface area contributed by atoms with E-state index in [0.717, 1.165) is 19.3 Å². The highest BCUT2D eigenvalue weighted by atomic mass is 32.2. The van der Waals surface area contributed by atoms with Gasteiger partial charge in [0.1, 0.15) is 12.0 Å². The average Bonchev–Trinajstić information content (AvgIpc) is 2.42. The third-order valence-electron chi connectivity index (χ3n) is 4.83. The fourth-order valence-electron chi connectivity index (χ4n) is 3.52. The van der Waals surface area contributed by atoms with Gasteiger partial charge < -0.3 is 9.99 Å². The lowest BCUT2D eigenvalue weighted by Crippen LogP contribution is -2.53. The number of hydrogen-bond acceptors (Lipinski definition) is 6. The van der Waals surface area contributed by atoms with Gasteiger partial charge in [0.25, 0.3) is 0 Å². The van der Waals surface area contributed by atoms with Gasteiger partial charge in [-0.3, -0.25) is 5.04 Å². The summed E-state index contributed by atoms with van der Waals surface area (Å²) >= 11 is -0.659. The summed E-state index contributed by atoms with van der Waals surface area (Å²) < 4.78 is 34.5. The number of fused-ring (bicyclic) bond motifs is 2. The van der Waals surface area contributed by atoms with Crippen LogP contribution in [0, 0.1) is 23.2 Å². The predicted molar refractivity (Wildman–Crippen MR) is 63.8 cm³/mol. The van der Waals surface area contributed by atoms with E-state index in [0.29, 0.717) is 11.8 Å². The van der Waals surface area contributed by atoms with Gasteiger partial charge in [-0.15, -0.1) is 0 Å². The van der Waals surface area contributed by atoms with E-state index in [2.05, 4.69) is 28.0 Å². The maximum atomic E-state index is 13.2. The van der Waals surface area contributed by atoms with Crippen molar-refractivity contribution >= 4 is 18.0 Å². The topological polar surface area (TPSA) is 67.8 Å². The highest BCUT2D eigenvalue weighted by Gasteiger charge is 2.54. The van der Waals surface area contributed by atoms with E-state index in [1.54, 1.807) is 0 Å². The van der Waals surface area contributed by atoms with Gasteiger partial charge in [-0.25, -0.2) is 4.79 Å². The van der Waals surface area contributed by atoms with E-state index in [1.165, 1.54) is 0 Å². The molecular formula is C12H17F2O5S-. The Morgan fingerprint density at radius 3 is 2.70 bits per heavy atom. The maximum absolute atomic E-state index is 13.2. The Balaban J connectivity index is 1.82. The van der Waals surface area contributed by atoms with Crippen LogP contribution in [0.5, 0.6) is 0 Å². The molecule has 0 N–H and O–H groups in total. The van der Waals surface area contributed by atoms with Gasteiger partial charge in [-0.1, -0.05) is 13.8 Å². The third kappa shape index (κ3) is 2.93. The molecule has 116 valence electrons. The first-order chi connectivity index (χ1) is 9.29. The van der Waals surface area contributed by atoms with Crippen LogP contribution in [0.2, 0.25) is 0 Å². The zero-order valence-corrected chi connectivity index (χ0v) is 12.1. The summed E-state index contributed by atoms with van der Waals surface area (Å²) in [5.41, 5.74) is 0.200. The summed E-state index contributed by atoms with van der Waals surface area (Å²) in [5, 5.41) is 8.35. The lowest BCUT2D eigenvalue weighted by atomic mass is 9.46.